The molecule has 2 aromatic heterocycles. The molecule has 0 saturated carbocycles. The van der Waals surface area contributed by atoms with Crippen molar-refractivity contribution in [3.8, 4) is 0 Å². The maximum atomic E-state index is 12.4. The topological polar surface area (TPSA) is 50.9 Å². The van der Waals surface area contributed by atoms with Gasteiger partial charge in [0.1, 0.15) is 12.2 Å². The van der Waals surface area contributed by atoms with Gasteiger partial charge in [0.15, 0.2) is 0 Å². The predicted octanol–water partition coefficient (Wildman–Crippen LogP) is 2.48. The Kier molecular flexibility index (Phi) is 3.34. The summed E-state index contributed by atoms with van der Waals surface area (Å²) in [6.45, 7) is 5.62. The summed E-state index contributed by atoms with van der Waals surface area (Å²) < 4.78 is 14.0. The van der Waals surface area contributed by atoms with Gasteiger partial charge in [0.25, 0.3) is 0 Å². The van der Waals surface area contributed by atoms with E-state index in [1.165, 1.54) is 0 Å². The molecular formula is C13H18FN3O. The van der Waals surface area contributed by atoms with Crippen molar-refractivity contribution in [1.82, 2.24) is 14.8 Å². The highest BCUT2D eigenvalue weighted by molar-refractivity contribution is 5.74. The van der Waals surface area contributed by atoms with Crippen LogP contribution in [0.5, 0.6) is 0 Å². The lowest BCUT2D eigenvalue weighted by Gasteiger charge is -2.25. The number of hydrogen-bond donors (Lipinski definition) is 1. The number of aliphatic hydroxyl groups is 1. The van der Waals surface area contributed by atoms with E-state index in [2.05, 4.69) is 10.1 Å². The number of aryl methyl sites for hydroxylation is 1. The van der Waals surface area contributed by atoms with Crippen LogP contribution in [-0.2, 0) is 6.54 Å². The van der Waals surface area contributed by atoms with Crippen LogP contribution in [0, 0.1) is 5.41 Å². The second-order valence-corrected chi connectivity index (χ2v) is 5.50. The van der Waals surface area contributed by atoms with Crippen LogP contribution in [-0.4, -0.2) is 26.5 Å². The normalized spacial score (nSPS) is 14.1. The standard InChI is InChI=1S/C13H18FN3O/c1-13(2,3)12(18)9-6-11-10(15-7-9)8-16-17(11)5-4-14/h6-8,12,18H,4-5H2,1-3H3. The Labute approximate surface area is 105 Å². The van der Waals surface area contributed by atoms with Crippen molar-refractivity contribution in [2.75, 3.05) is 6.67 Å². The summed E-state index contributed by atoms with van der Waals surface area (Å²) in [5.41, 5.74) is 1.94. The molecule has 5 heteroatoms. The lowest BCUT2D eigenvalue weighted by atomic mass is 9.85. The summed E-state index contributed by atoms with van der Waals surface area (Å²) in [6.07, 6.45) is 2.65. The molecule has 0 aromatic carbocycles. The smallest absolute Gasteiger partial charge is 0.109 e. The van der Waals surface area contributed by atoms with Crippen molar-refractivity contribution in [1.29, 1.82) is 0 Å². The van der Waals surface area contributed by atoms with Gasteiger partial charge in [0.05, 0.1) is 24.4 Å². The highest BCUT2D eigenvalue weighted by Gasteiger charge is 2.24. The summed E-state index contributed by atoms with van der Waals surface area (Å²) in [4.78, 5) is 4.25. The van der Waals surface area contributed by atoms with Crippen molar-refractivity contribution in [3.63, 3.8) is 0 Å². The number of aliphatic hydroxyl groups excluding tert-OH is 1. The third kappa shape index (κ3) is 2.36. The van der Waals surface area contributed by atoms with Crippen molar-refractivity contribution in [2.45, 2.75) is 33.4 Å². The highest BCUT2D eigenvalue weighted by Crippen LogP contribution is 2.33. The average Bonchev–Trinajstić information content (AvgIpc) is 2.70. The second kappa shape index (κ2) is 4.65. The highest BCUT2D eigenvalue weighted by atomic mass is 19.1. The molecule has 1 unspecified atom stereocenters. The number of halogens is 1. The number of nitrogens with zero attached hydrogens (tertiary/aromatic N) is 3. The Hall–Kier alpha value is -1.49. The molecule has 0 saturated heterocycles. The van der Waals surface area contributed by atoms with Crippen LogP contribution >= 0.6 is 0 Å². The lowest BCUT2D eigenvalue weighted by molar-refractivity contribution is 0.0625. The van der Waals surface area contributed by atoms with Gasteiger partial charge in [-0.1, -0.05) is 20.8 Å². The Morgan fingerprint density at radius 1 is 1.39 bits per heavy atom. The predicted molar refractivity (Wildman–Crippen MR) is 67.9 cm³/mol. The Balaban J connectivity index is 2.45. The number of pyridine rings is 1. The fraction of sp³-hybridized carbons (Fsp3) is 0.538. The number of aromatic nitrogens is 3. The van der Waals surface area contributed by atoms with Crippen molar-refractivity contribution < 1.29 is 9.50 Å². The molecule has 0 aliphatic carbocycles. The number of alkyl halides is 1. The minimum atomic E-state index is -0.608. The molecule has 0 aliphatic rings. The molecule has 18 heavy (non-hydrogen) atoms. The van der Waals surface area contributed by atoms with Crippen LogP contribution in [0.2, 0.25) is 0 Å². The monoisotopic (exact) mass is 251 g/mol. The summed E-state index contributed by atoms with van der Waals surface area (Å²) in [5, 5.41) is 14.3. The third-order valence-electron chi connectivity index (χ3n) is 2.95. The summed E-state index contributed by atoms with van der Waals surface area (Å²) in [6, 6.07) is 1.83. The Morgan fingerprint density at radius 2 is 2.11 bits per heavy atom. The zero-order chi connectivity index (χ0) is 13.3. The molecule has 98 valence electrons. The van der Waals surface area contributed by atoms with E-state index in [1.807, 2.05) is 26.8 Å². The molecule has 1 atom stereocenters. The van der Waals surface area contributed by atoms with Gasteiger partial charge >= 0.3 is 0 Å². The van der Waals surface area contributed by atoms with Gasteiger partial charge in [0.2, 0.25) is 0 Å². The Bertz CT molecular complexity index is 545. The maximum absolute atomic E-state index is 12.4. The minimum Gasteiger partial charge on any atom is -0.388 e. The molecule has 4 nitrogen and oxygen atoms in total. The average molecular weight is 251 g/mol. The largest absolute Gasteiger partial charge is 0.388 e. The van der Waals surface area contributed by atoms with E-state index in [0.29, 0.717) is 5.52 Å². The molecule has 0 aliphatic heterocycles. The first kappa shape index (κ1) is 13.0. The second-order valence-electron chi connectivity index (χ2n) is 5.50. The van der Waals surface area contributed by atoms with E-state index >= 15 is 0 Å². The molecule has 0 fully saturated rings. The van der Waals surface area contributed by atoms with Crippen LogP contribution in [0.4, 0.5) is 4.39 Å². The number of hydrogen-bond acceptors (Lipinski definition) is 3. The van der Waals surface area contributed by atoms with Gasteiger partial charge in [0, 0.05) is 11.8 Å². The maximum Gasteiger partial charge on any atom is 0.109 e. The summed E-state index contributed by atoms with van der Waals surface area (Å²) in [7, 11) is 0. The zero-order valence-electron chi connectivity index (χ0n) is 10.9. The van der Waals surface area contributed by atoms with Gasteiger partial charge in [-0.25, -0.2) is 4.39 Å². The van der Waals surface area contributed by atoms with Crippen LogP contribution in [0.1, 0.15) is 32.4 Å². The number of rotatable bonds is 3. The first-order valence-electron chi connectivity index (χ1n) is 5.99. The quantitative estimate of drug-likeness (QED) is 0.911. The van der Waals surface area contributed by atoms with Gasteiger partial charge in [-0.2, -0.15) is 5.10 Å². The minimum absolute atomic E-state index is 0.209. The van der Waals surface area contributed by atoms with Crippen LogP contribution in [0.25, 0.3) is 11.0 Å². The van der Waals surface area contributed by atoms with Crippen LogP contribution in [0.15, 0.2) is 18.5 Å². The fourth-order valence-electron chi connectivity index (χ4n) is 1.88. The van der Waals surface area contributed by atoms with Gasteiger partial charge in [-0.3, -0.25) is 9.67 Å². The van der Waals surface area contributed by atoms with E-state index in [1.54, 1.807) is 17.1 Å². The van der Waals surface area contributed by atoms with E-state index in [0.717, 1.165) is 11.1 Å². The molecule has 0 spiro atoms. The SMILES string of the molecule is CC(C)(C)C(O)c1cnc2cnn(CCF)c2c1. The molecule has 2 rings (SSSR count). The van der Waals surface area contributed by atoms with E-state index in [4.69, 9.17) is 0 Å². The van der Waals surface area contributed by atoms with Crippen molar-refractivity contribution >= 4 is 11.0 Å². The Morgan fingerprint density at radius 3 is 2.72 bits per heavy atom. The summed E-state index contributed by atoms with van der Waals surface area (Å²) in [5.74, 6) is 0. The van der Waals surface area contributed by atoms with Crippen molar-refractivity contribution in [2.24, 2.45) is 5.41 Å². The molecule has 0 bridgehead atoms. The van der Waals surface area contributed by atoms with E-state index in [9.17, 15) is 9.50 Å². The van der Waals surface area contributed by atoms with Gasteiger partial charge in [-0.15, -0.1) is 0 Å². The van der Waals surface area contributed by atoms with Gasteiger partial charge in [-0.05, 0) is 11.5 Å². The number of fused-ring (bicyclic) bond motifs is 1. The molecular weight excluding hydrogens is 233 g/mol. The molecule has 1 N–H and O–H groups in total. The molecule has 0 amide bonds. The van der Waals surface area contributed by atoms with Gasteiger partial charge < -0.3 is 5.11 Å². The molecule has 2 aromatic rings. The van der Waals surface area contributed by atoms with E-state index in [-0.39, 0.29) is 12.0 Å². The fourth-order valence-corrected chi connectivity index (χ4v) is 1.88. The van der Waals surface area contributed by atoms with Crippen LogP contribution < -0.4 is 0 Å². The summed E-state index contributed by atoms with van der Waals surface area (Å²) >= 11 is 0. The lowest BCUT2D eigenvalue weighted by Crippen LogP contribution is -2.18. The third-order valence-corrected chi connectivity index (χ3v) is 2.95. The molecule has 0 radical (unpaired) electrons. The van der Waals surface area contributed by atoms with E-state index < -0.39 is 12.8 Å². The van der Waals surface area contributed by atoms with Crippen LogP contribution in [0.3, 0.4) is 0 Å². The molecule has 2 heterocycles. The van der Waals surface area contributed by atoms with Crippen molar-refractivity contribution in [3.05, 3.63) is 24.0 Å². The first-order valence-corrected chi connectivity index (χ1v) is 5.99. The zero-order valence-corrected chi connectivity index (χ0v) is 10.9. The first-order chi connectivity index (χ1) is 8.43.